The summed E-state index contributed by atoms with van der Waals surface area (Å²) >= 11 is 5.05. The molecular formula is C20H12BrN3OS. The molecule has 26 heavy (non-hydrogen) atoms. The van der Waals surface area contributed by atoms with Gasteiger partial charge in [0.1, 0.15) is 5.52 Å². The van der Waals surface area contributed by atoms with E-state index in [1.165, 1.54) is 0 Å². The summed E-state index contributed by atoms with van der Waals surface area (Å²) in [7, 11) is 0. The van der Waals surface area contributed by atoms with Gasteiger partial charge in [0.2, 0.25) is 5.43 Å². The van der Waals surface area contributed by atoms with Crippen molar-refractivity contribution in [3.05, 3.63) is 75.0 Å². The highest BCUT2D eigenvalue weighted by Gasteiger charge is 2.21. The summed E-state index contributed by atoms with van der Waals surface area (Å²) in [6, 6.07) is 15.8. The molecule has 2 aliphatic rings. The highest BCUT2D eigenvalue weighted by atomic mass is 79.9. The number of rotatable bonds is 1. The maximum Gasteiger partial charge on any atom is 0.211 e. The van der Waals surface area contributed by atoms with Gasteiger partial charge in [0, 0.05) is 16.2 Å². The molecule has 4 nitrogen and oxygen atoms in total. The summed E-state index contributed by atoms with van der Waals surface area (Å²) < 4.78 is 3.82. The van der Waals surface area contributed by atoms with Crippen LogP contribution in [0, 0.1) is 6.92 Å². The summed E-state index contributed by atoms with van der Waals surface area (Å²) in [5.74, 6) is 0. The van der Waals surface area contributed by atoms with Gasteiger partial charge in [0.05, 0.1) is 31.9 Å². The van der Waals surface area contributed by atoms with Gasteiger partial charge in [-0.2, -0.15) is 5.10 Å². The van der Waals surface area contributed by atoms with Crippen molar-refractivity contribution in [3.8, 4) is 16.3 Å². The fourth-order valence-corrected chi connectivity index (χ4v) is 4.47. The lowest BCUT2D eigenvalue weighted by Gasteiger charge is -2.09. The van der Waals surface area contributed by atoms with Gasteiger partial charge in [-0.1, -0.05) is 28.1 Å². The van der Waals surface area contributed by atoms with Crippen LogP contribution in [0.25, 0.3) is 37.4 Å². The molecule has 6 heteroatoms. The lowest BCUT2D eigenvalue weighted by Crippen LogP contribution is -2.09. The summed E-state index contributed by atoms with van der Waals surface area (Å²) in [4.78, 5) is 18.6. The Balaban J connectivity index is 1.88. The third-order valence-electron chi connectivity index (χ3n) is 4.48. The highest BCUT2D eigenvalue weighted by Crippen LogP contribution is 2.36. The van der Waals surface area contributed by atoms with Gasteiger partial charge in [0.25, 0.3) is 0 Å². The van der Waals surface area contributed by atoms with Crippen molar-refractivity contribution in [2.24, 2.45) is 0 Å². The first-order valence-electron chi connectivity index (χ1n) is 8.09. The van der Waals surface area contributed by atoms with Crippen molar-refractivity contribution in [3.63, 3.8) is 0 Å². The van der Waals surface area contributed by atoms with Crippen LogP contribution < -0.4 is 5.43 Å². The third kappa shape index (κ3) is 2.29. The van der Waals surface area contributed by atoms with Gasteiger partial charge >= 0.3 is 0 Å². The summed E-state index contributed by atoms with van der Waals surface area (Å²) in [5.41, 5.74) is 3.81. The zero-order valence-electron chi connectivity index (χ0n) is 13.7. The molecule has 0 bridgehead atoms. The molecule has 0 radical (unpaired) electrons. The second-order valence-electron chi connectivity index (χ2n) is 6.13. The van der Waals surface area contributed by atoms with Gasteiger partial charge in [-0.3, -0.25) is 4.79 Å². The number of halogens is 1. The minimum absolute atomic E-state index is 0.0308. The second-order valence-corrected chi connectivity index (χ2v) is 8.09. The maximum atomic E-state index is 12.9. The standard InChI is InChI=1S/C20H12BrN3OS/c1-11-19(25)17-14(10-24(23-17)13-8-6-12(21)7-9-13)18-20(11)26-16-5-3-2-4-15(16)22-18/h2-10H,1H3. The molecule has 0 N–H and O–H groups in total. The van der Waals surface area contributed by atoms with Crippen molar-refractivity contribution in [1.29, 1.82) is 0 Å². The molecule has 1 aromatic heterocycles. The number of hydrogen-bond donors (Lipinski definition) is 0. The SMILES string of the molecule is Cc1c2sc3ccccc3nc-2c2cn(-c3ccc(Br)cc3)nc2c1=O. The molecule has 2 heterocycles. The predicted octanol–water partition coefficient (Wildman–Crippen LogP) is 5.17. The fourth-order valence-electron chi connectivity index (χ4n) is 3.12. The Labute approximate surface area is 161 Å². The average molecular weight is 422 g/mol. The topological polar surface area (TPSA) is 47.8 Å². The van der Waals surface area contributed by atoms with Crippen molar-refractivity contribution in [2.45, 2.75) is 6.92 Å². The van der Waals surface area contributed by atoms with Crippen molar-refractivity contribution >= 4 is 48.4 Å². The van der Waals surface area contributed by atoms with Crippen molar-refractivity contribution < 1.29 is 0 Å². The Bertz CT molecular complexity index is 1320. The number of para-hydroxylation sites is 1. The molecule has 0 unspecified atom stereocenters. The Morgan fingerprint density at radius 2 is 1.85 bits per heavy atom. The van der Waals surface area contributed by atoms with Gasteiger partial charge in [-0.25, -0.2) is 9.67 Å². The normalized spacial score (nSPS) is 11.6. The van der Waals surface area contributed by atoms with E-state index < -0.39 is 0 Å². The number of benzene rings is 3. The van der Waals surface area contributed by atoms with Crippen LogP contribution in [0.2, 0.25) is 0 Å². The Morgan fingerprint density at radius 3 is 2.65 bits per heavy atom. The second kappa shape index (κ2) is 5.72. The van der Waals surface area contributed by atoms with E-state index in [9.17, 15) is 4.79 Å². The molecule has 126 valence electrons. The van der Waals surface area contributed by atoms with Crippen LogP contribution in [0.5, 0.6) is 0 Å². The molecular weight excluding hydrogens is 410 g/mol. The first-order valence-corrected chi connectivity index (χ1v) is 9.70. The molecule has 0 saturated carbocycles. The maximum absolute atomic E-state index is 12.9. The lowest BCUT2D eigenvalue weighted by molar-refractivity contribution is 0.894. The minimum Gasteiger partial charge on any atom is -0.287 e. The van der Waals surface area contributed by atoms with Gasteiger partial charge in [-0.05, 0) is 43.3 Å². The van der Waals surface area contributed by atoms with Gasteiger partial charge < -0.3 is 0 Å². The van der Waals surface area contributed by atoms with E-state index in [1.54, 1.807) is 16.0 Å². The molecule has 0 fully saturated rings. The van der Waals surface area contributed by atoms with E-state index >= 15 is 0 Å². The van der Waals surface area contributed by atoms with Crippen LogP contribution in [-0.4, -0.2) is 14.8 Å². The minimum atomic E-state index is -0.0308. The van der Waals surface area contributed by atoms with Gasteiger partial charge in [0.15, 0.2) is 0 Å². The van der Waals surface area contributed by atoms with E-state index in [-0.39, 0.29) is 5.43 Å². The van der Waals surface area contributed by atoms with Crippen LogP contribution in [0.1, 0.15) is 5.56 Å². The zero-order chi connectivity index (χ0) is 17.8. The van der Waals surface area contributed by atoms with Crippen LogP contribution in [0.3, 0.4) is 0 Å². The Morgan fingerprint density at radius 1 is 1.08 bits per heavy atom. The number of fused-ring (bicyclic) bond motifs is 4. The number of nitrogens with zero attached hydrogens (tertiary/aromatic N) is 3. The molecule has 0 saturated heterocycles. The largest absolute Gasteiger partial charge is 0.287 e. The zero-order valence-corrected chi connectivity index (χ0v) is 16.1. The van der Waals surface area contributed by atoms with Crippen LogP contribution in [0.4, 0.5) is 0 Å². The molecule has 5 rings (SSSR count). The van der Waals surface area contributed by atoms with E-state index in [0.29, 0.717) is 11.1 Å². The Hall–Kier alpha value is -2.57. The first kappa shape index (κ1) is 15.7. The molecule has 2 aromatic carbocycles. The van der Waals surface area contributed by atoms with Crippen LogP contribution in [-0.2, 0) is 0 Å². The predicted molar refractivity (Wildman–Crippen MR) is 110 cm³/mol. The average Bonchev–Trinajstić information content (AvgIpc) is 3.11. The monoisotopic (exact) mass is 421 g/mol. The van der Waals surface area contributed by atoms with Crippen molar-refractivity contribution in [2.75, 3.05) is 0 Å². The Kier molecular flexibility index (Phi) is 3.45. The summed E-state index contributed by atoms with van der Waals surface area (Å²) in [6.45, 7) is 1.86. The fraction of sp³-hybridized carbons (Fsp3) is 0.0500. The molecule has 1 aliphatic carbocycles. The lowest BCUT2D eigenvalue weighted by atomic mass is 10.1. The smallest absolute Gasteiger partial charge is 0.211 e. The summed E-state index contributed by atoms with van der Waals surface area (Å²) in [6.07, 6.45) is 1.90. The molecule has 0 amide bonds. The molecule has 0 spiro atoms. The summed E-state index contributed by atoms with van der Waals surface area (Å²) in [5, 5.41) is 5.35. The van der Waals surface area contributed by atoms with Crippen LogP contribution in [0.15, 0.2) is 64.0 Å². The van der Waals surface area contributed by atoms with E-state index in [1.807, 2.05) is 61.7 Å². The quantitative estimate of drug-likeness (QED) is 0.350. The number of aromatic nitrogens is 3. The van der Waals surface area contributed by atoms with E-state index in [0.717, 1.165) is 36.3 Å². The first-order chi connectivity index (χ1) is 12.6. The molecule has 1 aliphatic heterocycles. The highest BCUT2D eigenvalue weighted by molar-refractivity contribution is 9.10. The molecule has 0 atom stereocenters. The van der Waals surface area contributed by atoms with Gasteiger partial charge in [-0.15, -0.1) is 11.3 Å². The van der Waals surface area contributed by atoms with Crippen LogP contribution >= 0.6 is 27.3 Å². The van der Waals surface area contributed by atoms with E-state index in [2.05, 4.69) is 21.0 Å². The molecule has 3 aromatic rings. The number of hydrogen-bond acceptors (Lipinski definition) is 4. The third-order valence-corrected chi connectivity index (χ3v) is 6.28. The van der Waals surface area contributed by atoms with Crippen molar-refractivity contribution in [1.82, 2.24) is 14.8 Å². The van der Waals surface area contributed by atoms with E-state index in [4.69, 9.17) is 4.98 Å².